The van der Waals surface area contributed by atoms with Gasteiger partial charge in [-0.25, -0.2) is 4.79 Å². The molecule has 6 heteroatoms. The van der Waals surface area contributed by atoms with Crippen molar-refractivity contribution in [2.24, 2.45) is 0 Å². The molecule has 0 bridgehead atoms. The van der Waals surface area contributed by atoms with E-state index in [9.17, 15) is 14.7 Å². The van der Waals surface area contributed by atoms with Gasteiger partial charge in [0, 0.05) is 5.56 Å². The third-order valence-electron chi connectivity index (χ3n) is 3.45. The van der Waals surface area contributed by atoms with Gasteiger partial charge in [-0.05, 0) is 35.9 Å². The van der Waals surface area contributed by atoms with Gasteiger partial charge >= 0.3 is 5.97 Å². The number of anilines is 1. The van der Waals surface area contributed by atoms with E-state index < -0.39 is 11.8 Å². The SMILES string of the molecule is COc1cc(/C=C/C=C/C(=O)c2cccc(C(=O)O)c2N)ccc1O. The molecule has 0 aliphatic heterocycles. The number of phenolic OH excluding ortho intramolecular Hbond substituents is 1. The van der Waals surface area contributed by atoms with Crippen molar-refractivity contribution in [1.82, 2.24) is 0 Å². The molecule has 0 fully saturated rings. The molecule has 0 amide bonds. The minimum Gasteiger partial charge on any atom is -0.504 e. The first-order chi connectivity index (χ1) is 11.9. The van der Waals surface area contributed by atoms with E-state index in [2.05, 4.69) is 0 Å². The molecule has 0 atom stereocenters. The number of carbonyl (C=O) groups excluding carboxylic acids is 1. The van der Waals surface area contributed by atoms with E-state index >= 15 is 0 Å². The Morgan fingerprint density at radius 2 is 1.84 bits per heavy atom. The number of hydrogen-bond donors (Lipinski definition) is 3. The number of carboxylic acid groups (broad SMARTS) is 1. The first-order valence-electron chi connectivity index (χ1n) is 7.32. The van der Waals surface area contributed by atoms with Crippen molar-refractivity contribution >= 4 is 23.5 Å². The first kappa shape index (κ1) is 17.8. The first-order valence-corrected chi connectivity index (χ1v) is 7.32. The molecule has 2 aromatic rings. The average Bonchev–Trinajstić information content (AvgIpc) is 2.59. The number of methoxy groups -OCH3 is 1. The molecule has 4 N–H and O–H groups in total. The molecule has 0 heterocycles. The highest BCUT2D eigenvalue weighted by molar-refractivity contribution is 6.11. The topological polar surface area (TPSA) is 110 Å². The van der Waals surface area contributed by atoms with E-state index in [1.807, 2.05) is 0 Å². The second kappa shape index (κ2) is 7.83. The van der Waals surface area contributed by atoms with Crippen molar-refractivity contribution < 1.29 is 24.5 Å². The Labute approximate surface area is 144 Å². The zero-order chi connectivity index (χ0) is 18.4. The highest BCUT2D eigenvalue weighted by Gasteiger charge is 2.14. The number of ether oxygens (including phenoxy) is 1. The summed E-state index contributed by atoms with van der Waals surface area (Å²) in [6.45, 7) is 0. The van der Waals surface area contributed by atoms with Crippen LogP contribution >= 0.6 is 0 Å². The summed E-state index contributed by atoms with van der Waals surface area (Å²) >= 11 is 0. The van der Waals surface area contributed by atoms with Gasteiger partial charge in [0.15, 0.2) is 17.3 Å². The van der Waals surface area contributed by atoms with Crippen LogP contribution in [-0.4, -0.2) is 29.1 Å². The fourth-order valence-electron chi connectivity index (χ4n) is 2.16. The van der Waals surface area contributed by atoms with Gasteiger partial charge in [0.25, 0.3) is 0 Å². The van der Waals surface area contributed by atoms with Crippen molar-refractivity contribution in [2.45, 2.75) is 0 Å². The molecule has 0 unspecified atom stereocenters. The molecule has 6 nitrogen and oxygen atoms in total. The largest absolute Gasteiger partial charge is 0.504 e. The van der Waals surface area contributed by atoms with Gasteiger partial charge < -0.3 is 20.7 Å². The fraction of sp³-hybridized carbons (Fsp3) is 0.0526. The monoisotopic (exact) mass is 339 g/mol. The third-order valence-corrected chi connectivity index (χ3v) is 3.45. The molecule has 0 aliphatic carbocycles. The van der Waals surface area contributed by atoms with Gasteiger partial charge in [-0.2, -0.15) is 0 Å². The highest BCUT2D eigenvalue weighted by Crippen LogP contribution is 2.26. The van der Waals surface area contributed by atoms with Crippen molar-refractivity contribution in [2.75, 3.05) is 12.8 Å². The smallest absolute Gasteiger partial charge is 0.337 e. The third kappa shape index (κ3) is 4.26. The summed E-state index contributed by atoms with van der Waals surface area (Å²) in [7, 11) is 1.46. The van der Waals surface area contributed by atoms with Crippen molar-refractivity contribution in [3.05, 3.63) is 71.3 Å². The number of benzene rings is 2. The van der Waals surface area contributed by atoms with Crippen LogP contribution in [0.1, 0.15) is 26.3 Å². The molecule has 2 rings (SSSR count). The quantitative estimate of drug-likeness (QED) is 0.323. The number of allylic oxidation sites excluding steroid dienone is 3. The number of nitrogens with two attached hydrogens (primary N) is 1. The van der Waals surface area contributed by atoms with Crippen molar-refractivity contribution in [1.29, 1.82) is 0 Å². The molecule has 0 radical (unpaired) electrons. The average molecular weight is 339 g/mol. The van der Waals surface area contributed by atoms with Crippen LogP contribution in [0, 0.1) is 0 Å². The summed E-state index contributed by atoms with van der Waals surface area (Å²) in [6, 6.07) is 9.14. The molecule has 0 aliphatic rings. The minimum absolute atomic E-state index is 0.0409. The molecular weight excluding hydrogens is 322 g/mol. The van der Waals surface area contributed by atoms with E-state index in [1.165, 1.54) is 43.5 Å². The summed E-state index contributed by atoms with van der Waals surface area (Å²) in [5.74, 6) is -1.19. The minimum atomic E-state index is -1.18. The number of nitrogen functional groups attached to an aromatic ring is 1. The van der Waals surface area contributed by atoms with Crippen LogP contribution in [0.5, 0.6) is 11.5 Å². The predicted molar refractivity (Wildman–Crippen MR) is 95.0 cm³/mol. The molecule has 128 valence electrons. The summed E-state index contributed by atoms with van der Waals surface area (Å²) in [4.78, 5) is 23.2. The summed E-state index contributed by atoms with van der Waals surface area (Å²) in [5.41, 5.74) is 6.48. The lowest BCUT2D eigenvalue weighted by molar-refractivity contribution is 0.0698. The molecule has 0 aromatic heterocycles. The molecule has 2 aromatic carbocycles. The maximum absolute atomic E-state index is 12.2. The highest BCUT2D eigenvalue weighted by atomic mass is 16.5. The standard InChI is InChI=1S/C19H17NO5/c1-25-17-11-12(9-10-16(17)22)5-2-3-8-15(21)13-6-4-7-14(18(13)20)19(23)24/h2-11,22H,20H2,1H3,(H,23,24)/b5-2+,8-3+. The Morgan fingerprint density at radius 3 is 2.52 bits per heavy atom. The molecule has 0 saturated carbocycles. The van der Waals surface area contributed by atoms with Crippen LogP contribution in [-0.2, 0) is 0 Å². The fourth-order valence-corrected chi connectivity index (χ4v) is 2.16. The van der Waals surface area contributed by atoms with Crippen molar-refractivity contribution in [3.8, 4) is 11.5 Å². The number of para-hydroxylation sites is 1. The van der Waals surface area contributed by atoms with E-state index in [-0.39, 0.29) is 22.6 Å². The Hall–Kier alpha value is -3.54. The lowest BCUT2D eigenvalue weighted by Crippen LogP contribution is -2.08. The summed E-state index contributed by atoms with van der Waals surface area (Å²) in [6.07, 6.45) is 6.18. The van der Waals surface area contributed by atoms with Crippen LogP contribution in [0.4, 0.5) is 5.69 Å². The van der Waals surface area contributed by atoms with Crippen LogP contribution < -0.4 is 10.5 Å². The number of aromatic hydroxyl groups is 1. The number of rotatable bonds is 6. The number of hydrogen-bond acceptors (Lipinski definition) is 5. The summed E-state index contributed by atoms with van der Waals surface area (Å²) < 4.78 is 5.01. The zero-order valence-corrected chi connectivity index (χ0v) is 13.5. The summed E-state index contributed by atoms with van der Waals surface area (Å²) in [5, 5.41) is 18.6. The van der Waals surface area contributed by atoms with Crippen LogP contribution in [0.3, 0.4) is 0 Å². The van der Waals surface area contributed by atoms with Gasteiger partial charge in [-0.3, -0.25) is 4.79 Å². The predicted octanol–water partition coefficient (Wildman–Crippen LogP) is 3.13. The van der Waals surface area contributed by atoms with E-state index in [4.69, 9.17) is 15.6 Å². The lowest BCUT2D eigenvalue weighted by Gasteiger charge is -2.05. The van der Waals surface area contributed by atoms with E-state index in [1.54, 1.807) is 24.3 Å². The second-order valence-corrected chi connectivity index (χ2v) is 5.09. The number of carboxylic acids is 1. The maximum Gasteiger partial charge on any atom is 0.337 e. The Balaban J connectivity index is 2.13. The Bertz CT molecular complexity index is 868. The lowest BCUT2D eigenvalue weighted by atomic mass is 10.0. The number of carbonyl (C=O) groups is 2. The van der Waals surface area contributed by atoms with Gasteiger partial charge in [0.1, 0.15) is 0 Å². The second-order valence-electron chi connectivity index (χ2n) is 5.09. The molecule has 25 heavy (non-hydrogen) atoms. The van der Waals surface area contributed by atoms with Gasteiger partial charge in [0.2, 0.25) is 0 Å². The van der Waals surface area contributed by atoms with Crippen molar-refractivity contribution in [3.63, 3.8) is 0 Å². The van der Waals surface area contributed by atoms with Gasteiger partial charge in [-0.15, -0.1) is 0 Å². The van der Waals surface area contributed by atoms with E-state index in [0.29, 0.717) is 5.75 Å². The number of aromatic carboxylic acids is 1. The van der Waals surface area contributed by atoms with Crippen LogP contribution in [0.25, 0.3) is 6.08 Å². The maximum atomic E-state index is 12.2. The molecule has 0 spiro atoms. The molecule has 0 saturated heterocycles. The molecular formula is C19H17NO5. The number of ketones is 1. The van der Waals surface area contributed by atoms with Crippen LogP contribution in [0.15, 0.2) is 54.6 Å². The normalized spacial score (nSPS) is 11.1. The number of phenols is 1. The van der Waals surface area contributed by atoms with Gasteiger partial charge in [0.05, 0.1) is 18.4 Å². The van der Waals surface area contributed by atoms with E-state index in [0.717, 1.165) is 5.56 Å². The van der Waals surface area contributed by atoms with Gasteiger partial charge in [-0.1, -0.05) is 30.4 Å². The zero-order valence-electron chi connectivity index (χ0n) is 13.5. The van der Waals surface area contributed by atoms with Crippen LogP contribution in [0.2, 0.25) is 0 Å². The Morgan fingerprint density at radius 1 is 1.12 bits per heavy atom. The Kier molecular flexibility index (Phi) is 5.58.